The maximum Gasteiger partial charge on any atom is 0.416 e. The minimum Gasteiger partial charge on any atom is -0.382 e. The number of rotatable bonds is 3. The Balaban J connectivity index is 2.09. The molecular weight excluding hydrogens is 249 g/mol. The molecule has 98 valence electrons. The number of aliphatic hydroxyl groups excluding tert-OH is 1. The molecule has 0 radical (unpaired) electrons. The van der Waals surface area contributed by atoms with E-state index in [9.17, 15) is 13.2 Å². The van der Waals surface area contributed by atoms with Crippen molar-refractivity contribution in [3.8, 4) is 0 Å². The second-order valence-corrected chi connectivity index (χ2v) is 3.88. The van der Waals surface area contributed by atoms with Crippen LogP contribution in [0.1, 0.15) is 5.56 Å². The predicted octanol–water partition coefficient (Wildman–Crippen LogP) is 1.37. The van der Waals surface area contributed by atoms with Gasteiger partial charge in [0.2, 0.25) is 5.95 Å². The standard InChI is InChI=1S/C10H11F3N4O/c1-6-2-3-8-15-9(16-17(8)5-6)14-4-7(18)10(11,12)13/h2-3,5,7,18H,4H2,1H3,(H,14,16). The second kappa shape index (κ2) is 4.45. The van der Waals surface area contributed by atoms with E-state index in [-0.39, 0.29) is 5.95 Å². The van der Waals surface area contributed by atoms with Crippen LogP contribution in [0.15, 0.2) is 18.3 Å². The van der Waals surface area contributed by atoms with Gasteiger partial charge in [-0.05, 0) is 18.6 Å². The van der Waals surface area contributed by atoms with Gasteiger partial charge in [0.05, 0.1) is 6.54 Å². The van der Waals surface area contributed by atoms with E-state index < -0.39 is 18.8 Å². The van der Waals surface area contributed by atoms with E-state index in [1.54, 1.807) is 12.3 Å². The highest BCUT2D eigenvalue weighted by atomic mass is 19.4. The quantitative estimate of drug-likeness (QED) is 0.875. The molecule has 18 heavy (non-hydrogen) atoms. The van der Waals surface area contributed by atoms with Crippen molar-refractivity contribution in [3.63, 3.8) is 0 Å². The summed E-state index contributed by atoms with van der Waals surface area (Å²) in [7, 11) is 0. The SMILES string of the molecule is Cc1ccc2nc(NCC(O)C(F)(F)F)nn2c1. The number of hydrogen-bond acceptors (Lipinski definition) is 4. The van der Waals surface area contributed by atoms with Crippen LogP contribution in [0.2, 0.25) is 0 Å². The summed E-state index contributed by atoms with van der Waals surface area (Å²) in [4.78, 5) is 3.97. The highest BCUT2D eigenvalue weighted by Crippen LogP contribution is 2.20. The van der Waals surface area contributed by atoms with Crippen molar-refractivity contribution in [3.05, 3.63) is 23.9 Å². The van der Waals surface area contributed by atoms with E-state index in [0.717, 1.165) is 5.56 Å². The van der Waals surface area contributed by atoms with Crippen molar-refractivity contribution in [2.45, 2.75) is 19.2 Å². The van der Waals surface area contributed by atoms with Gasteiger partial charge < -0.3 is 10.4 Å². The van der Waals surface area contributed by atoms with Crippen molar-refractivity contribution in [1.29, 1.82) is 0 Å². The summed E-state index contributed by atoms with van der Waals surface area (Å²) in [6.45, 7) is 1.18. The molecule has 2 rings (SSSR count). The van der Waals surface area contributed by atoms with Crippen LogP contribution in [0.4, 0.5) is 19.1 Å². The normalized spacial score (nSPS) is 13.8. The highest BCUT2D eigenvalue weighted by molar-refractivity contribution is 5.44. The topological polar surface area (TPSA) is 62.5 Å². The van der Waals surface area contributed by atoms with E-state index in [1.807, 2.05) is 13.0 Å². The molecule has 0 aliphatic rings. The van der Waals surface area contributed by atoms with E-state index in [0.29, 0.717) is 5.65 Å². The molecule has 1 unspecified atom stereocenters. The van der Waals surface area contributed by atoms with Crippen LogP contribution in [0.3, 0.4) is 0 Å². The number of fused-ring (bicyclic) bond motifs is 1. The number of halogens is 3. The summed E-state index contributed by atoms with van der Waals surface area (Å²) in [5, 5.41) is 15.1. The van der Waals surface area contributed by atoms with Crippen molar-refractivity contribution in [2.75, 3.05) is 11.9 Å². The van der Waals surface area contributed by atoms with Crippen molar-refractivity contribution in [2.24, 2.45) is 0 Å². The molecule has 0 aliphatic carbocycles. The number of nitrogens with zero attached hydrogens (tertiary/aromatic N) is 3. The number of aryl methyl sites for hydroxylation is 1. The van der Waals surface area contributed by atoms with Crippen molar-refractivity contribution >= 4 is 11.6 Å². The van der Waals surface area contributed by atoms with E-state index >= 15 is 0 Å². The molecule has 1 atom stereocenters. The third kappa shape index (κ3) is 2.70. The van der Waals surface area contributed by atoms with Gasteiger partial charge in [-0.2, -0.15) is 18.2 Å². The summed E-state index contributed by atoms with van der Waals surface area (Å²) in [5.41, 5.74) is 1.47. The molecule has 0 amide bonds. The largest absolute Gasteiger partial charge is 0.416 e. The zero-order valence-corrected chi connectivity index (χ0v) is 9.44. The predicted molar refractivity (Wildman–Crippen MR) is 58.3 cm³/mol. The van der Waals surface area contributed by atoms with E-state index in [2.05, 4.69) is 15.4 Å². The summed E-state index contributed by atoms with van der Waals surface area (Å²) < 4.78 is 37.7. The molecule has 2 N–H and O–H groups in total. The third-order valence-electron chi connectivity index (χ3n) is 2.31. The van der Waals surface area contributed by atoms with Gasteiger partial charge in [0.15, 0.2) is 11.8 Å². The zero-order valence-electron chi connectivity index (χ0n) is 9.44. The number of alkyl halides is 3. The lowest BCUT2D eigenvalue weighted by molar-refractivity contribution is -0.198. The first-order valence-corrected chi connectivity index (χ1v) is 5.18. The minimum absolute atomic E-state index is 0.0453. The first-order valence-electron chi connectivity index (χ1n) is 5.18. The van der Waals surface area contributed by atoms with Crippen molar-refractivity contribution < 1.29 is 18.3 Å². The molecule has 0 aliphatic heterocycles. The molecule has 2 heterocycles. The number of nitrogens with one attached hydrogen (secondary N) is 1. The average molecular weight is 260 g/mol. The molecule has 0 saturated heterocycles. The van der Waals surface area contributed by atoms with Gasteiger partial charge in [-0.15, -0.1) is 5.10 Å². The maximum absolute atomic E-state index is 12.1. The van der Waals surface area contributed by atoms with Crippen LogP contribution >= 0.6 is 0 Å². The summed E-state index contributed by atoms with van der Waals surface area (Å²) in [5.74, 6) is 0.0453. The van der Waals surface area contributed by atoms with Gasteiger partial charge in [0, 0.05) is 6.20 Å². The van der Waals surface area contributed by atoms with Crippen LogP contribution in [0.5, 0.6) is 0 Å². The van der Waals surface area contributed by atoms with Crippen LogP contribution < -0.4 is 5.32 Å². The Morgan fingerprint density at radius 3 is 2.83 bits per heavy atom. The summed E-state index contributed by atoms with van der Waals surface area (Å²) in [6, 6.07) is 3.52. The lowest BCUT2D eigenvalue weighted by Gasteiger charge is -2.13. The van der Waals surface area contributed by atoms with Crippen LogP contribution in [-0.4, -0.2) is 38.5 Å². The Morgan fingerprint density at radius 1 is 1.44 bits per heavy atom. The average Bonchev–Trinajstić information content (AvgIpc) is 2.66. The molecule has 0 bridgehead atoms. The Bertz CT molecular complexity index is 552. The van der Waals surface area contributed by atoms with E-state index in [4.69, 9.17) is 5.11 Å². The van der Waals surface area contributed by atoms with Crippen LogP contribution in [-0.2, 0) is 0 Å². The van der Waals surface area contributed by atoms with Gasteiger partial charge in [-0.25, -0.2) is 4.52 Å². The van der Waals surface area contributed by atoms with Crippen LogP contribution in [0, 0.1) is 6.92 Å². The maximum atomic E-state index is 12.1. The fourth-order valence-corrected chi connectivity index (χ4v) is 1.36. The molecule has 8 heteroatoms. The fourth-order valence-electron chi connectivity index (χ4n) is 1.36. The van der Waals surface area contributed by atoms with Gasteiger partial charge in [0.25, 0.3) is 0 Å². The number of pyridine rings is 1. The van der Waals surface area contributed by atoms with Crippen molar-refractivity contribution in [1.82, 2.24) is 14.6 Å². The van der Waals surface area contributed by atoms with Gasteiger partial charge in [0.1, 0.15) is 0 Å². The number of hydrogen-bond donors (Lipinski definition) is 2. The molecule has 2 aromatic rings. The lowest BCUT2D eigenvalue weighted by Crippen LogP contribution is -2.35. The highest BCUT2D eigenvalue weighted by Gasteiger charge is 2.38. The minimum atomic E-state index is -4.65. The van der Waals surface area contributed by atoms with Gasteiger partial charge in [-0.1, -0.05) is 6.07 Å². The Hall–Kier alpha value is -1.83. The van der Waals surface area contributed by atoms with E-state index in [1.165, 1.54) is 4.52 Å². The molecule has 0 aromatic carbocycles. The molecule has 5 nitrogen and oxygen atoms in total. The van der Waals surface area contributed by atoms with Gasteiger partial charge in [-0.3, -0.25) is 0 Å². The number of anilines is 1. The molecule has 2 aromatic heterocycles. The number of aliphatic hydroxyl groups is 1. The Labute approximate surface area is 100 Å². The molecular formula is C10H11F3N4O. The third-order valence-corrected chi connectivity index (χ3v) is 2.31. The van der Waals surface area contributed by atoms with Gasteiger partial charge >= 0.3 is 6.18 Å². The first kappa shape index (κ1) is 12.6. The first-order chi connectivity index (χ1) is 8.36. The molecule has 0 saturated carbocycles. The number of aromatic nitrogens is 3. The molecule has 0 spiro atoms. The van der Waals surface area contributed by atoms with Crippen LogP contribution in [0.25, 0.3) is 5.65 Å². The zero-order chi connectivity index (χ0) is 13.3. The Morgan fingerprint density at radius 2 is 2.17 bits per heavy atom. The second-order valence-electron chi connectivity index (χ2n) is 3.88. The Kier molecular flexibility index (Phi) is 3.12. The molecule has 0 fully saturated rings. The summed E-state index contributed by atoms with van der Waals surface area (Å²) >= 11 is 0. The lowest BCUT2D eigenvalue weighted by atomic mass is 10.3. The fraction of sp³-hybridized carbons (Fsp3) is 0.400. The monoisotopic (exact) mass is 260 g/mol. The summed E-state index contributed by atoms with van der Waals surface area (Å²) in [6.07, 6.45) is -5.39. The smallest absolute Gasteiger partial charge is 0.382 e.